The molecule has 4 N–H and O–H groups in total. The number of halogens is 1. The summed E-state index contributed by atoms with van der Waals surface area (Å²) in [5.41, 5.74) is 5.60. The molecule has 0 saturated heterocycles. The number of amides is 2. The zero-order chi connectivity index (χ0) is 13.8. The second-order valence-corrected chi connectivity index (χ2v) is 4.87. The van der Waals surface area contributed by atoms with Crippen molar-refractivity contribution in [2.45, 2.75) is 26.3 Å². The highest BCUT2D eigenvalue weighted by Crippen LogP contribution is 2.15. The number of urea groups is 1. The quantitative estimate of drug-likeness (QED) is 0.771. The first-order chi connectivity index (χ1) is 8.37. The van der Waals surface area contributed by atoms with E-state index in [0.29, 0.717) is 12.2 Å². The molecule has 0 heterocycles. The predicted molar refractivity (Wildman–Crippen MR) is 70.9 cm³/mol. The molecule has 0 aliphatic rings. The van der Waals surface area contributed by atoms with E-state index >= 15 is 0 Å². The zero-order valence-electron chi connectivity index (χ0n) is 11.0. The molecule has 0 aliphatic carbocycles. The minimum Gasteiger partial charge on any atom is -0.331 e. The van der Waals surface area contributed by atoms with Crippen LogP contribution in [0.4, 0.5) is 14.9 Å². The van der Waals surface area contributed by atoms with Crippen LogP contribution in [-0.2, 0) is 0 Å². The minimum atomic E-state index is -0.489. The van der Waals surface area contributed by atoms with Crippen LogP contribution >= 0.6 is 0 Å². The maximum atomic E-state index is 13.0. The molecule has 0 saturated carbocycles. The van der Waals surface area contributed by atoms with Crippen LogP contribution in [0.1, 0.15) is 20.8 Å². The van der Waals surface area contributed by atoms with Crippen LogP contribution in [0.3, 0.4) is 0 Å². The molecule has 0 aliphatic heterocycles. The Balaban J connectivity index is 2.67. The number of carbonyl (C=O) groups excluding carboxylic acids is 1. The van der Waals surface area contributed by atoms with Gasteiger partial charge in [-0.25, -0.2) is 9.18 Å². The number of anilines is 1. The van der Waals surface area contributed by atoms with Crippen LogP contribution in [-0.4, -0.2) is 18.1 Å². The molecule has 0 fully saturated rings. The van der Waals surface area contributed by atoms with E-state index in [4.69, 9.17) is 5.73 Å². The van der Waals surface area contributed by atoms with Gasteiger partial charge in [0.05, 0.1) is 5.54 Å². The van der Waals surface area contributed by atoms with Crippen molar-refractivity contribution in [2.75, 3.05) is 11.9 Å². The summed E-state index contributed by atoms with van der Waals surface area (Å²) in [5, 5.41) is 5.39. The molecular formula is C13H20FN3O. The van der Waals surface area contributed by atoms with E-state index in [-0.39, 0.29) is 11.9 Å². The molecule has 0 bridgehead atoms. The van der Waals surface area contributed by atoms with E-state index in [1.165, 1.54) is 18.2 Å². The van der Waals surface area contributed by atoms with Gasteiger partial charge in [-0.2, -0.15) is 0 Å². The van der Waals surface area contributed by atoms with Crippen LogP contribution in [0.15, 0.2) is 24.3 Å². The molecule has 1 atom stereocenters. The van der Waals surface area contributed by atoms with Crippen molar-refractivity contribution in [3.8, 4) is 0 Å². The number of hydrogen-bond acceptors (Lipinski definition) is 2. The standard InChI is InChI=1S/C13H20FN3O/c1-9(2)13(3,8-15)17-12(18)16-11-6-4-5-10(14)7-11/h4-7,9H,8,15H2,1-3H3,(H2,16,17,18). The first-order valence-corrected chi connectivity index (χ1v) is 5.92. The van der Waals surface area contributed by atoms with E-state index in [1.54, 1.807) is 6.07 Å². The topological polar surface area (TPSA) is 67.1 Å². The van der Waals surface area contributed by atoms with Gasteiger partial charge in [0.15, 0.2) is 0 Å². The summed E-state index contributed by atoms with van der Waals surface area (Å²) >= 11 is 0. The fourth-order valence-corrected chi connectivity index (χ4v) is 1.42. The van der Waals surface area contributed by atoms with Crippen molar-refractivity contribution in [1.29, 1.82) is 0 Å². The zero-order valence-corrected chi connectivity index (χ0v) is 11.0. The summed E-state index contributed by atoms with van der Waals surface area (Å²) < 4.78 is 13.0. The lowest BCUT2D eigenvalue weighted by atomic mass is 9.89. The Bertz CT molecular complexity index is 422. The Morgan fingerprint density at radius 2 is 2.17 bits per heavy atom. The molecule has 1 unspecified atom stereocenters. The third-order valence-corrected chi connectivity index (χ3v) is 3.18. The third-order valence-electron chi connectivity index (χ3n) is 3.18. The van der Waals surface area contributed by atoms with Gasteiger partial charge in [-0.05, 0) is 31.0 Å². The lowest BCUT2D eigenvalue weighted by Crippen LogP contribution is -2.56. The Labute approximate surface area is 107 Å². The Morgan fingerprint density at radius 1 is 1.50 bits per heavy atom. The fourth-order valence-electron chi connectivity index (χ4n) is 1.42. The number of carbonyl (C=O) groups is 1. The highest BCUT2D eigenvalue weighted by Gasteiger charge is 2.28. The summed E-state index contributed by atoms with van der Waals surface area (Å²) in [6.07, 6.45) is 0. The van der Waals surface area contributed by atoms with Crippen LogP contribution in [0.25, 0.3) is 0 Å². The van der Waals surface area contributed by atoms with Gasteiger partial charge in [0.1, 0.15) is 5.82 Å². The molecule has 0 aromatic heterocycles. The first kappa shape index (κ1) is 14.4. The van der Waals surface area contributed by atoms with Crippen molar-refractivity contribution in [3.63, 3.8) is 0 Å². The average Bonchev–Trinajstić information content (AvgIpc) is 2.28. The molecule has 5 heteroatoms. The van der Waals surface area contributed by atoms with Gasteiger partial charge >= 0.3 is 6.03 Å². The van der Waals surface area contributed by atoms with Crippen LogP contribution in [0, 0.1) is 11.7 Å². The second kappa shape index (κ2) is 5.82. The Morgan fingerprint density at radius 3 is 2.67 bits per heavy atom. The number of rotatable bonds is 4. The molecular weight excluding hydrogens is 233 g/mol. The summed E-state index contributed by atoms with van der Waals surface area (Å²) in [4.78, 5) is 11.8. The summed E-state index contributed by atoms with van der Waals surface area (Å²) in [6.45, 7) is 6.18. The summed E-state index contributed by atoms with van der Waals surface area (Å²) in [6, 6.07) is 5.35. The molecule has 1 aromatic rings. The number of nitrogens with two attached hydrogens (primary N) is 1. The van der Waals surface area contributed by atoms with Gasteiger partial charge in [-0.15, -0.1) is 0 Å². The summed E-state index contributed by atoms with van der Waals surface area (Å²) in [5.74, 6) is -0.195. The third kappa shape index (κ3) is 3.70. The molecule has 0 spiro atoms. The normalized spacial score (nSPS) is 14.1. The maximum absolute atomic E-state index is 13.0. The van der Waals surface area contributed by atoms with Crippen molar-refractivity contribution >= 4 is 11.7 Å². The highest BCUT2D eigenvalue weighted by atomic mass is 19.1. The smallest absolute Gasteiger partial charge is 0.319 e. The van der Waals surface area contributed by atoms with E-state index in [1.807, 2.05) is 20.8 Å². The molecule has 4 nitrogen and oxygen atoms in total. The van der Waals surface area contributed by atoms with Crippen molar-refractivity contribution in [3.05, 3.63) is 30.1 Å². The first-order valence-electron chi connectivity index (χ1n) is 5.92. The average molecular weight is 253 g/mol. The SMILES string of the molecule is CC(C)C(C)(CN)NC(=O)Nc1cccc(F)c1. The molecule has 100 valence electrons. The predicted octanol–water partition coefficient (Wildman–Crippen LogP) is 2.32. The van der Waals surface area contributed by atoms with Crippen molar-refractivity contribution in [1.82, 2.24) is 5.32 Å². The monoisotopic (exact) mass is 253 g/mol. The Kier molecular flexibility index (Phi) is 4.67. The Hall–Kier alpha value is -1.62. The number of nitrogens with one attached hydrogen (secondary N) is 2. The fraction of sp³-hybridized carbons (Fsp3) is 0.462. The van der Waals surface area contributed by atoms with Crippen molar-refractivity contribution < 1.29 is 9.18 Å². The second-order valence-electron chi connectivity index (χ2n) is 4.87. The molecule has 1 aromatic carbocycles. The van der Waals surface area contributed by atoms with Gasteiger partial charge in [-0.3, -0.25) is 0 Å². The van der Waals surface area contributed by atoms with E-state index in [2.05, 4.69) is 10.6 Å². The number of hydrogen-bond donors (Lipinski definition) is 3. The lowest BCUT2D eigenvalue weighted by molar-refractivity contribution is 0.225. The van der Waals surface area contributed by atoms with Crippen LogP contribution in [0.2, 0.25) is 0 Å². The summed E-state index contributed by atoms with van der Waals surface area (Å²) in [7, 11) is 0. The molecule has 0 radical (unpaired) electrons. The van der Waals surface area contributed by atoms with Crippen LogP contribution in [0.5, 0.6) is 0 Å². The van der Waals surface area contributed by atoms with Gasteiger partial charge in [0, 0.05) is 12.2 Å². The minimum absolute atomic E-state index is 0.195. The van der Waals surface area contributed by atoms with E-state index in [9.17, 15) is 9.18 Å². The largest absolute Gasteiger partial charge is 0.331 e. The van der Waals surface area contributed by atoms with E-state index in [0.717, 1.165) is 0 Å². The molecule has 2 amide bonds. The van der Waals surface area contributed by atoms with Gasteiger partial charge < -0.3 is 16.4 Å². The van der Waals surface area contributed by atoms with Crippen LogP contribution < -0.4 is 16.4 Å². The highest BCUT2D eigenvalue weighted by molar-refractivity contribution is 5.89. The molecule has 1 rings (SSSR count). The van der Waals surface area contributed by atoms with Gasteiger partial charge in [0.25, 0.3) is 0 Å². The maximum Gasteiger partial charge on any atom is 0.319 e. The van der Waals surface area contributed by atoms with Crippen molar-refractivity contribution in [2.24, 2.45) is 11.7 Å². The van der Waals surface area contributed by atoms with Gasteiger partial charge in [-0.1, -0.05) is 19.9 Å². The molecule has 18 heavy (non-hydrogen) atoms. The van der Waals surface area contributed by atoms with E-state index < -0.39 is 11.4 Å². The lowest BCUT2D eigenvalue weighted by Gasteiger charge is -2.33. The van der Waals surface area contributed by atoms with Gasteiger partial charge in [0.2, 0.25) is 0 Å². The number of benzene rings is 1.